The first-order valence-corrected chi connectivity index (χ1v) is 10.7. The molecule has 0 spiro atoms. The Morgan fingerprint density at radius 2 is 2.03 bits per heavy atom. The lowest BCUT2D eigenvalue weighted by atomic mass is 10.0. The summed E-state index contributed by atoms with van der Waals surface area (Å²) in [6.45, 7) is 0.482. The number of fused-ring (bicyclic) bond motifs is 2. The molecule has 1 amide bonds. The molecule has 2 aliphatic rings. The zero-order valence-electron chi connectivity index (χ0n) is 16.2. The smallest absolute Gasteiger partial charge is 0.410 e. The summed E-state index contributed by atoms with van der Waals surface area (Å²) >= 11 is 3.34. The first-order valence-electron chi connectivity index (χ1n) is 9.89. The molecule has 1 N–H and O–H groups in total. The van der Waals surface area contributed by atoms with Gasteiger partial charge in [-0.3, -0.25) is 4.79 Å². The van der Waals surface area contributed by atoms with Crippen molar-refractivity contribution in [2.75, 3.05) is 16.8 Å². The average Bonchev–Trinajstić information content (AvgIpc) is 3.40. The highest BCUT2D eigenvalue weighted by Crippen LogP contribution is 2.46. The van der Waals surface area contributed by atoms with Crippen molar-refractivity contribution in [1.82, 2.24) is 9.78 Å². The fourth-order valence-corrected chi connectivity index (χ4v) is 4.82. The van der Waals surface area contributed by atoms with Crippen LogP contribution >= 0.6 is 15.9 Å². The quantitative estimate of drug-likeness (QED) is 0.511. The molecule has 6 nitrogen and oxygen atoms in total. The lowest BCUT2D eigenvalue weighted by Gasteiger charge is -2.32. The Morgan fingerprint density at radius 1 is 1.23 bits per heavy atom. The van der Waals surface area contributed by atoms with E-state index in [0.717, 1.165) is 28.8 Å². The van der Waals surface area contributed by atoms with Crippen molar-refractivity contribution in [2.45, 2.75) is 37.5 Å². The molecule has 0 saturated heterocycles. The van der Waals surface area contributed by atoms with Crippen LogP contribution < -0.4 is 10.2 Å². The zero-order chi connectivity index (χ0) is 21.8. The first-order chi connectivity index (χ1) is 14.8. The number of nitrogens with zero attached hydrogens (tertiary/aromatic N) is 3. The highest BCUT2D eigenvalue weighted by molar-refractivity contribution is 9.10. The van der Waals surface area contributed by atoms with Gasteiger partial charge >= 0.3 is 6.18 Å². The van der Waals surface area contributed by atoms with Gasteiger partial charge in [-0.1, -0.05) is 18.2 Å². The number of alkyl halides is 3. The molecule has 1 aromatic carbocycles. The third kappa shape index (κ3) is 3.42. The Hall–Kier alpha value is -2.75. The molecule has 5 rings (SSSR count). The molecular weight excluding hydrogens is 477 g/mol. The summed E-state index contributed by atoms with van der Waals surface area (Å²) in [4.78, 5) is 14.9. The summed E-state index contributed by atoms with van der Waals surface area (Å²) in [6.07, 6.45) is -1.78. The van der Waals surface area contributed by atoms with Gasteiger partial charge in [-0.2, -0.15) is 18.3 Å². The SMILES string of the molecule is O=C(c1nn2c(c1Br)N[C@@H](c1ccco1)C[C@H]2C(F)(F)F)N1CCCc2ccccc21. The fraction of sp³-hybridized carbons (Fsp3) is 0.333. The number of aryl methyl sites for hydroxylation is 1. The van der Waals surface area contributed by atoms with E-state index in [0.29, 0.717) is 12.3 Å². The molecule has 4 heterocycles. The van der Waals surface area contributed by atoms with Gasteiger partial charge in [0.15, 0.2) is 11.7 Å². The molecule has 0 bridgehead atoms. The lowest BCUT2D eigenvalue weighted by Crippen LogP contribution is -2.37. The molecule has 0 fully saturated rings. The van der Waals surface area contributed by atoms with E-state index < -0.39 is 24.2 Å². The van der Waals surface area contributed by atoms with Gasteiger partial charge in [0.25, 0.3) is 5.91 Å². The number of nitrogens with one attached hydrogen (secondary N) is 1. The monoisotopic (exact) mass is 494 g/mol. The molecule has 0 saturated carbocycles. The predicted octanol–water partition coefficient (Wildman–Crippen LogP) is 5.49. The van der Waals surface area contributed by atoms with Crippen LogP contribution in [0.5, 0.6) is 0 Å². The topological polar surface area (TPSA) is 63.3 Å². The van der Waals surface area contributed by atoms with Gasteiger partial charge < -0.3 is 14.6 Å². The van der Waals surface area contributed by atoms with Crippen molar-refractivity contribution >= 4 is 33.3 Å². The van der Waals surface area contributed by atoms with Crippen LogP contribution in [0.4, 0.5) is 24.7 Å². The van der Waals surface area contributed by atoms with Crippen LogP contribution in [0, 0.1) is 0 Å². The van der Waals surface area contributed by atoms with Crippen LogP contribution in [0.1, 0.15) is 46.7 Å². The Labute approximate surface area is 184 Å². The van der Waals surface area contributed by atoms with Gasteiger partial charge in [-0.25, -0.2) is 4.68 Å². The molecule has 162 valence electrons. The molecule has 0 radical (unpaired) electrons. The molecule has 10 heteroatoms. The normalized spacial score (nSPS) is 20.7. The lowest BCUT2D eigenvalue weighted by molar-refractivity contribution is -0.174. The van der Waals surface area contributed by atoms with Gasteiger partial charge in [0.1, 0.15) is 11.6 Å². The number of benzene rings is 1. The van der Waals surface area contributed by atoms with Gasteiger partial charge in [0, 0.05) is 18.7 Å². The largest absolute Gasteiger partial charge is 0.467 e. The third-order valence-corrected chi connectivity index (χ3v) is 6.49. The van der Waals surface area contributed by atoms with E-state index in [2.05, 4.69) is 26.3 Å². The number of anilines is 2. The van der Waals surface area contributed by atoms with Gasteiger partial charge in [0.05, 0.1) is 16.8 Å². The summed E-state index contributed by atoms with van der Waals surface area (Å²) in [5, 5.41) is 7.18. The van der Waals surface area contributed by atoms with E-state index in [1.807, 2.05) is 24.3 Å². The Balaban J connectivity index is 1.56. The van der Waals surface area contributed by atoms with Gasteiger partial charge in [-0.05, 0) is 52.5 Å². The number of halogens is 4. The molecule has 2 aliphatic heterocycles. The van der Waals surface area contributed by atoms with Crippen LogP contribution in [0.15, 0.2) is 51.6 Å². The average molecular weight is 495 g/mol. The Kier molecular flexibility index (Phi) is 4.84. The molecule has 3 aromatic rings. The number of hydrogen-bond donors (Lipinski definition) is 1. The number of carbonyl (C=O) groups excluding carboxylic acids is 1. The van der Waals surface area contributed by atoms with Crippen molar-refractivity contribution in [3.05, 3.63) is 64.2 Å². The summed E-state index contributed by atoms with van der Waals surface area (Å²) in [5.74, 6) is 0.0771. The van der Waals surface area contributed by atoms with Crippen molar-refractivity contribution in [1.29, 1.82) is 0 Å². The maximum Gasteiger partial charge on any atom is 0.410 e. The van der Waals surface area contributed by atoms with E-state index >= 15 is 0 Å². The minimum Gasteiger partial charge on any atom is -0.467 e. The summed E-state index contributed by atoms with van der Waals surface area (Å²) in [5.41, 5.74) is 1.75. The molecule has 0 aliphatic carbocycles. The Bertz CT molecular complexity index is 1130. The van der Waals surface area contributed by atoms with Crippen molar-refractivity contribution in [2.24, 2.45) is 0 Å². The molecular formula is C21H18BrF3N4O2. The number of hydrogen-bond acceptors (Lipinski definition) is 4. The van der Waals surface area contributed by atoms with Gasteiger partial charge in [-0.15, -0.1) is 0 Å². The molecule has 0 unspecified atom stereocenters. The first kappa shape index (κ1) is 20.2. The highest BCUT2D eigenvalue weighted by Gasteiger charge is 2.48. The number of aromatic nitrogens is 2. The fourth-order valence-electron chi connectivity index (χ4n) is 4.27. The molecule has 2 aromatic heterocycles. The second-order valence-corrected chi connectivity index (χ2v) is 8.44. The minimum atomic E-state index is -4.54. The van der Waals surface area contributed by atoms with Crippen LogP contribution in [-0.2, 0) is 6.42 Å². The zero-order valence-corrected chi connectivity index (χ0v) is 17.8. The molecule has 2 atom stereocenters. The molecule has 31 heavy (non-hydrogen) atoms. The second-order valence-electron chi connectivity index (χ2n) is 7.65. The predicted molar refractivity (Wildman–Crippen MR) is 111 cm³/mol. The van der Waals surface area contributed by atoms with Crippen LogP contribution in [0.25, 0.3) is 0 Å². The van der Waals surface area contributed by atoms with Crippen LogP contribution in [0.3, 0.4) is 0 Å². The van der Waals surface area contributed by atoms with Crippen LogP contribution in [-0.4, -0.2) is 28.4 Å². The number of furan rings is 1. The summed E-state index contributed by atoms with van der Waals surface area (Å²) in [6, 6.07) is 8.23. The standard InChI is InChI=1S/C21H18BrF3N4O2/c22-17-18(20(30)28-9-3-6-12-5-1-2-7-14(12)28)27-29-16(21(23,24)25)11-13(26-19(17)29)15-8-4-10-31-15/h1-2,4-5,7-8,10,13,16,26H,3,6,9,11H2/t13-,16+/m1/s1. The maximum atomic E-state index is 13.9. The van der Waals surface area contributed by atoms with Crippen LogP contribution in [0.2, 0.25) is 0 Å². The number of rotatable bonds is 2. The van der Waals surface area contributed by atoms with E-state index in [-0.39, 0.29) is 22.4 Å². The Morgan fingerprint density at radius 3 is 2.77 bits per heavy atom. The number of para-hydroxylation sites is 1. The van der Waals surface area contributed by atoms with Crippen molar-refractivity contribution < 1.29 is 22.4 Å². The second kappa shape index (κ2) is 7.44. The number of amides is 1. The van der Waals surface area contributed by atoms with E-state index in [9.17, 15) is 18.0 Å². The van der Waals surface area contributed by atoms with Crippen molar-refractivity contribution in [3.63, 3.8) is 0 Å². The summed E-state index contributed by atoms with van der Waals surface area (Å²) in [7, 11) is 0. The minimum absolute atomic E-state index is 0.0476. The van der Waals surface area contributed by atoms with E-state index in [4.69, 9.17) is 4.42 Å². The van der Waals surface area contributed by atoms with E-state index in [1.165, 1.54) is 6.26 Å². The van der Waals surface area contributed by atoms with Gasteiger partial charge in [0.2, 0.25) is 0 Å². The van der Waals surface area contributed by atoms with Crippen molar-refractivity contribution in [3.8, 4) is 0 Å². The number of carbonyl (C=O) groups is 1. The highest BCUT2D eigenvalue weighted by atomic mass is 79.9. The summed E-state index contributed by atoms with van der Waals surface area (Å²) < 4.78 is 48.1. The maximum absolute atomic E-state index is 13.9. The van der Waals surface area contributed by atoms with E-state index in [1.54, 1.807) is 17.0 Å². The third-order valence-electron chi connectivity index (χ3n) is 5.74.